The van der Waals surface area contributed by atoms with E-state index in [0.717, 1.165) is 41.8 Å². The molecule has 1 heterocycles. The molecule has 0 radical (unpaired) electrons. The summed E-state index contributed by atoms with van der Waals surface area (Å²) in [4.78, 5) is 17.4. The molecule has 29 heavy (non-hydrogen) atoms. The van der Waals surface area contributed by atoms with Crippen LogP contribution in [0, 0.1) is 11.3 Å². The summed E-state index contributed by atoms with van der Waals surface area (Å²) in [6, 6.07) is 19.3. The number of rotatable bonds is 8. The molecule has 3 rings (SSSR count). The molecule has 0 unspecified atom stereocenters. The fourth-order valence-electron chi connectivity index (χ4n) is 3.33. The Morgan fingerprint density at radius 1 is 1.14 bits per heavy atom. The molecular weight excluding hydrogens is 362 g/mol. The van der Waals surface area contributed by atoms with Crippen molar-refractivity contribution in [3.8, 4) is 17.2 Å². The molecule has 148 valence electrons. The van der Waals surface area contributed by atoms with Gasteiger partial charge in [0.05, 0.1) is 30.5 Å². The fraction of sp³-hybridized carbons (Fsp3) is 0.292. The monoisotopic (exact) mass is 387 g/mol. The summed E-state index contributed by atoms with van der Waals surface area (Å²) in [6.45, 7) is 2.93. The van der Waals surface area contributed by atoms with Gasteiger partial charge in [-0.3, -0.25) is 9.36 Å². The van der Waals surface area contributed by atoms with Crippen molar-refractivity contribution in [2.75, 3.05) is 7.11 Å². The fourth-order valence-corrected chi connectivity index (χ4v) is 3.33. The quantitative estimate of drug-likeness (QED) is 0.577. The Balaban J connectivity index is 1.89. The second-order valence-electron chi connectivity index (χ2n) is 6.98. The lowest BCUT2D eigenvalue weighted by molar-refractivity contribution is 0.180. The number of unbranched alkanes of at least 4 members (excludes halogenated alkanes) is 1. The summed E-state index contributed by atoms with van der Waals surface area (Å²) in [5.41, 5.74) is 4.17. The van der Waals surface area contributed by atoms with Crippen molar-refractivity contribution in [2.24, 2.45) is 0 Å². The molecule has 0 aliphatic heterocycles. The maximum Gasteiger partial charge on any atom is 0.254 e. The van der Waals surface area contributed by atoms with Gasteiger partial charge in [-0.25, -0.2) is 4.98 Å². The van der Waals surface area contributed by atoms with Crippen LogP contribution in [0.15, 0.2) is 59.4 Å². The second-order valence-corrected chi connectivity index (χ2v) is 6.98. The van der Waals surface area contributed by atoms with Crippen LogP contribution in [0.25, 0.3) is 11.1 Å². The standard InChI is InChI=1S/C24H25N3O2/c1-3-4-9-23-26-21(17-29-2)14-24(28)27(23)16-18-10-12-19(13-11-18)22-8-6-5-7-20(22)15-25/h5-8,10-14H,3-4,9,16-17H2,1-2H3. The highest BCUT2D eigenvalue weighted by Gasteiger charge is 2.10. The van der Waals surface area contributed by atoms with Gasteiger partial charge in [0.25, 0.3) is 5.56 Å². The Morgan fingerprint density at radius 3 is 2.59 bits per heavy atom. The largest absolute Gasteiger partial charge is 0.378 e. The zero-order valence-electron chi connectivity index (χ0n) is 16.9. The average Bonchev–Trinajstić information content (AvgIpc) is 2.75. The summed E-state index contributed by atoms with van der Waals surface area (Å²) in [5.74, 6) is 0.797. The smallest absolute Gasteiger partial charge is 0.254 e. The number of aryl methyl sites for hydroxylation is 1. The maximum atomic E-state index is 12.7. The molecule has 5 nitrogen and oxygen atoms in total. The number of nitriles is 1. The van der Waals surface area contributed by atoms with Crippen LogP contribution in [-0.4, -0.2) is 16.7 Å². The molecular formula is C24H25N3O2. The van der Waals surface area contributed by atoms with E-state index in [-0.39, 0.29) is 5.56 Å². The first-order valence-corrected chi connectivity index (χ1v) is 9.83. The van der Waals surface area contributed by atoms with E-state index in [1.807, 2.05) is 48.5 Å². The summed E-state index contributed by atoms with van der Waals surface area (Å²) < 4.78 is 6.88. The molecule has 0 N–H and O–H groups in total. The number of aromatic nitrogens is 2. The predicted molar refractivity (Wildman–Crippen MR) is 114 cm³/mol. The van der Waals surface area contributed by atoms with E-state index in [9.17, 15) is 10.1 Å². The Bertz CT molecular complexity index is 1060. The van der Waals surface area contributed by atoms with Crippen molar-refractivity contribution in [3.05, 3.63) is 87.6 Å². The zero-order chi connectivity index (χ0) is 20.6. The summed E-state index contributed by atoms with van der Waals surface area (Å²) >= 11 is 0. The third-order valence-corrected chi connectivity index (χ3v) is 4.84. The first kappa shape index (κ1) is 20.5. The molecule has 2 aromatic carbocycles. The molecule has 0 atom stereocenters. The van der Waals surface area contributed by atoms with E-state index in [1.165, 1.54) is 0 Å². The topological polar surface area (TPSA) is 67.9 Å². The third kappa shape index (κ3) is 4.98. The second kappa shape index (κ2) is 9.81. The number of benzene rings is 2. The Labute approximate surface area is 171 Å². The van der Waals surface area contributed by atoms with Gasteiger partial charge >= 0.3 is 0 Å². The highest BCUT2D eigenvalue weighted by Crippen LogP contribution is 2.23. The van der Waals surface area contributed by atoms with E-state index in [1.54, 1.807) is 17.7 Å². The van der Waals surface area contributed by atoms with Crippen LogP contribution in [-0.2, 0) is 24.3 Å². The zero-order valence-corrected chi connectivity index (χ0v) is 16.9. The molecule has 5 heteroatoms. The molecule has 0 saturated carbocycles. The van der Waals surface area contributed by atoms with Crippen molar-refractivity contribution >= 4 is 0 Å². The SMILES string of the molecule is CCCCc1nc(COC)cc(=O)n1Cc1ccc(-c2ccccc2C#N)cc1. The molecule has 0 aliphatic rings. The molecule has 0 aliphatic carbocycles. The van der Waals surface area contributed by atoms with Crippen LogP contribution >= 0.6 is 0 Å². The van der Waals surface area contributed by atoms with E-state index in [2.05, 4.69) is 18.0 Å². The first-order valence-electron chi connectivity index (χ1n) is 9.83. The van der Waals surface area contributed by atoms with Gasteiger partial charge in [0.1, 0.15) is 5.82 Å². The third-order valence-electron chi connectivity index (χ3n) is 4.84. The van der Waals surface area contributed by atoms with Crippen LogP contribution in [0.2, 0.25) is 0 Å². The van der Waals surface area contributed by atoms with Crippen molar-refractivity contribution in [2.45, 2.75) is 39.3 Å². The van der Waals surface area contributed by atoms with E-state index in [4.69, 9.17) is 4.74 Å². The van der Waals surface area contributed by atoms with Gasteiger partial charge in [-0.15, -0.1) is 0 Å². The van der Waals surface area contributed by atoms with Crippen molar-refractivity contribution in [1.82, 2.24) is 9.55 Å². The summed E-state index contributed by atoms with van der Waals surface area (Å²) in [6.07, 6.45) is 2.78. The molecule has 0 fully saturated rings. The lowest BCUT2D eigenvalue weighted by atomic mass is 9.99. The predicted octanol–water partition coefficient (Wildman–Crippen LogP) is 4.32. The Kier molecular flexibility index (Phi) is 6.94. The Morgan fingerprint density at radius 2 is 1.90 bits per heavy atom. The maximum absolute atomic E-state index is 12.7. The minimum absolute atomic E-state index is 0.0583. The lowest BCUT2D eigenvalue weighted by Gasteiger charge is -2.14. The van der Waals surface area contributed by atoms with E-state index in [0.29, 0.717) is 24.4 Å². The van der Waals surface area contributed by atoms with Gasteiger partial charge in [-0.05, 0) is 29.2 Å². The first-order chi connectivity index (χ1) is 14.2. The molecule has 0 saturated heterocycles. The number of methoxy groups -OCH3 is 1. The number of ether oxygens (including phenoxy) is 1. The minimum Gasteiger partial charge on any atom is -0.378 e. The van der Waals surface area contributed by atoms with E-state index < -0.39 is 0 Å². The molecule has 0 spiro atoms. The normalized spacial score (nSPS) is 10.7. The van der Waals surface area contributed by atoms with Crippen LogP contribution in [0.5, 0.6) is 0 Å². The number of hydrogen-bond acceptors (Lipinski definition) is 4. The average molecular weight is 387 g/mol. The number of nitrogens with zero attached hydrogens (tertiary/aromatic N) is 3. The molecule has 0 bridgehead atoms. The van der Waals surface area contributed by atoms with Gasteiger partial charge in [0, 0.05) is 19.6 Å². The van der Waals surface area contributed by atoms with E-state index >= 15 is 0 Å². The lowest BCUT2D eigenvalue weighted by Crippen LogP contribution is -2.26. The molecule has 0 amide bonds. The molecule has 1 aromatic heterocycles. The highest BCUT2D eigenvalue weighted by atomic mass is 16.5. The van der Waals surface area contributed by atoms with Gasteiger partial charge in [0.15, 0.2) is 0 Å². The minimum atomic E-state index is -0.0583. The van der Waals surface area contributed by atoms with Crippen molar-refractivity contribution in [1.29, 1.82) is 5.26 Å². The van der Waals surface area contributed by atoms with Crippen LogP contribution in [0.4, 0.5) is 0 Å². The van der Waals surface area contributed by atoms with Gasteiger partial charge in [-0.2, -0.15) is 5.26 Å². The van der Waals surface area contributed by atoms with Crippen LogP contribution < -0.4 is 5.56 Å². The van der Waals surface area contributed by atoms with Crippen molar-refractivity contribution in [3.63, 3.8) is 0 Å². The van der Waals surface area contributed by atoms with Gasteiger partial charge in [0.2, 0.25) is 0 Å². The summed E-state index contributed by atoms with van der Waals surface area (Å²) in [7, 11) is 1.60. The summed E-state index contributed by atoms with van der Waals surface area (Å²) in [5, 5.41) is 9.32. The highest BCUT2D eigenvalue weighted by molar-refractivity contribution is 5.70. The van der Waals surface area contributed by atoms with Gasteiger partial charge < -0.3 is 4.74 Å². The molecule has 3 aromatic rings. The van der Waals surface area contributed by atoms with Gasteiger partial charge in [-0.1, -0.05) is 55.8 Å². The van der Waals surface area contributed by atoms with Crippen LogP contribution in [0.3, 0.4) is 0 Å². The number of hydrogen-bond donors (Lipinski definition) is 0. The Hall–Kier alpha value is -3.23. The van der Waals surface area contributed by atoms with Crippen molar-refractivity contribution < 1.29 is 4.74 Å². The van der Waals surface area contributed by atoms with Crippen LogP contribution in [0.1, 0.15) is 42.4 Å².